The maximum Gasteiger partial charge on any atom is 0.237 e. The maximum atomic E-state index is 12.2. The number of rotatable bonds is 5. The zero-order valence-corrected chi connectivity index (χ0v) is 12.7. The molecule has 5 nitrogen and oxygen atoms in total. The average molecular weight is 302 g/mol. The standard InChI is InChI=1S/C17H22N2O3/c18-15(20)10-19-12-17(16(19)21)8-6-14(7-9-17)22-11-13-4-2-1-3-5-13/h1-5,14H,6-12H2,(H2,18,20). The smallest absolute Gasteiger partial charge is 0.237 e. The number of carbonyl (C=O) groups excluding carboxylic acids is 2. The second-order valence-electron chi connectivity index (χ2n) is 6.40. The van der Waals surface area contributed by atoms with Gasteiger partial charge < -0.3 is 15.4 Å². The third-order valence-electron chi connectivity index (χ3n) is 4.80. The fraction of sp³-hybridized carbons (Fsp3) is 0.529. The molecule has 5 heteroatoms. The lowest BCUT2D eigenvalue weighted by Gasteiger charge is -2.51. The molecule has 1 aromatic carbocycles. The van der Waals surface area contributed by atoms with E-state index in [-0.39, 0.29) is 24.0 Å². The number of hydrogen-bond acceptors (Lipinski definition) is 3. The summed E-state index contributed by atoms with van der Waals surface area (Å²) in [6.45, 7) is 1.34. The molecule has 3 rings (SSSR count). The second-order valence-corrected chi connectivity index (χ2v) is 6.40. The highest BCUT2D eigenvalue weighted by Gasteiger charge is 2.53. The van der Waals surface area contributed by atoms with Gasteiger partial charge in [-0.2, -0.15) is 0 Å². The number of ether oxygens (including phenoxy) is 1. The van der Waals surface area contributed by atoms with Gasteiger partial charge >= 0.3 is 0 Å². The van der Waals surface area contributed by atoms with Crippen LogP contribution in [0.1, 0.15) is 31.2 Å². The molecular formula is C17H22N2O3. The lowest BCUT2D eigenvalue weighted by molar-refractivity contribution is -0.168. The van der Waals surface area contributed by atoms with Crippen LogP contribution in [0.3, 0.4) is 0 Å². The van der Waals surface area contributed by atoms with Gasteiger partial charge in [0.15, 0.2) is 0 Å². The summed E-state index contributed by atoms with van der Waals surface area (Å²) in [4.78, 5) is 24.7. The van der Waals surface area contributed by atoms with Crippen LogP contribution in [-0.2, 0) is 20.9 Å². The second kappa shape index (κ2) is 6.08. The average Bonchev–Trinajstić information content (AvgIpc) is 2.54. The van der Waals surface area contributed by atoms with E-state index in [0.29, 0.717) is 13.2 Å². The number of hydrogen-bond donors (Lipinski definition) is 1. The number of nitrogens with zero attached hydrogens (tertiary/aromatic N) is 1. The van der Waals surface area contributed by atoms with Gasteiger partial charge in [-0.25, -0.2) is 0 Å². The first-order valence-corrected chi connectivity index (χ1v) is 7.82. The third-order valence-corrected chi connectivity index (χ3v) is 4.80. The fourth-order valence-electron chi connectivity index (χ4n) is 3.54. The van der Waals surface area contributed by atoms with Gasteiger partial charge in [-0.1, -0.05) is 30.3 Å². The van der Waals surface area contributed by atoms with E-state index in [2.05, 4.69) is 12.1 Å². The predicted molar refractivity (Wildman–Crippen MR) is 81.7 cm³/mol. The first-order chi connectivity index (χ1) is 10.6. The molecule has 0 radical (unpaired) electrons. The highest BCUT2D eigenvalue weighted by molar-refractivity contribution is 5.92. The molecule has 1 spiro atoms. The van der Waals surface area contributed by atoms with Gasteiger partial charge in [0.2, 0.25) is 11.8 Å². The lowest BCUT2D eigenvalue weighted by Crippen LogP contribution is -2.64. The molecule has 1 aromatic rings. The van der Waals surface area contributed by atoms with Crippen molar-refractivity contribution in [2.24, 2.45) is 11.1 Å². The van der Waals surface area contributed by atoms with Gasteiger partial charge in [0.1, 0.15) is 0 Å². The Morgan fingerprint density at radius 2 is 1.95 bits per heavy atom. The fourth-order valence-corrected chi connectivity index (χ4v) is 3.54. The van der Waals surface area contributed by atoms with Crippen LogP contribution in [0.2, 0.25) is 0 Å². The number of nitrogens with two attached hydrogens (primary N) is 1. The molecule has 2 aliphatic rings. The number of likely N-dealkylation sites (tertiary alicyclic amines) is 1. The Balaban J connectivity index is 1.45. The van der Waals surface area contributed by atoms with E-state index >= 15 is 0 Å². The van der Waals surface area contributed by atoms with Crippen LogP contribution in [-0.4, -0.2) is 35.9 Å². The molecule has 2 amide bonds. The molecule has 0 bridgehead atoms. The summed E-state index contributed by atoms with van der Waals surface area (Å²) in [5.74, 6) is -0.351. The van der Waals surface area contributed by atoms with Crippen molar-refractivity contribution in [1.29, 1.82) is 0 Å². The maximum absolute atomic E-state index is 12.2. The van der Waals surface area contributed by atoms with Crippen LogP contribution in [0.15, 0.2) is 30.3 Å². The molecular weight excluding hydrogens is 280 g/mol. The Labute approximate surface area is 130 Å². The van der Waals surface area contributed by atoms with E-state index in [4.69, 9.17) is 10.5 Å². The van der Waals surface area contributed by atoms with Crippen LogP contribution >= 0.6 is 0 Å². The molecule has 1 aliphatic carbocycles. The molecule has 118 valence electrons. The van der Waals surface area contributed by atoms with E-state index in [9.17, 15) is 9.59 Å². The first kappa shape index (κ1) is 15.0. The van der Waals surface area contributed by atoms with Gasteiger partial charge in [0.25, 0.3) is 0 Å². The van der Waals surface area contributed by atoms with Crippen molar-refractivity contribution in [3.63, 3.8) is 0 Å². The van der Waals surface area contributed by atoms with Crippen LogP contribution in [0.25, 0.3) is 0 Å². The summed E-state index contributed by atoms with van der Waals surface area (Å²) in [6, 6.07) is 10.1. The van der Waals surface area contributed by atoms with E-state index in [1.54, 1.807) is 4.90 Å². The minimum atomic E-state index is -0.442. The van der Waals surface area contributed by atoms with Crippen molar-refractivity contribution < 1.29 is 14.3 Å². The zero-order valence-electron chi connectivity index (χ0n) is 12.7. The highest BCUT2D eigenvalue weighted by atomic mass is 16.5. The first-order valence-electron chi connectivity index (χ1n) is 7.82. The Morgan fingerprint density at radius 1 is 1.27 bits per heavy atom. The van der Waals surface area contributed by atoms with E-state index < -0.39 is 5.91 Å². The third kappa shape index (κ3) is 2.99. The van der Waals surface area contributed by atoms with Gasteiger partial charge in [-0.05, 0) is 31.2 Å². The molecule has 1 saturated carbocycles. The summed E-state index contributed by atoms with van der Waals surface area (Å²) in [5, 5.41) is 0. The molecule has 0 aromatic heterocycles. The summed E-state index contributed by atoms with van der Waals surface area (Å²) in [5.41, 5.74) is 6.08. The SMILES string of the molecule is NC(=O)CN1CC2(CCC(OCc3ccccc3)CC2)C1=O. The van der Waals surface area contributed by atoms with Crippen molar-refractivity contribution in [2.75, 3.05) is 13.1 Å². The number of benzene rings is 1. The van der Waals surface area contributed by atoms with Crippen molar-refractivity contribution in [3.8, 4) is 0 Å². The van der Waals surface area contributed by atoms with E-state index in [0.717, 1.165) is 25.7 Å². The summed E-state index contributed by atoms with van der Waals surface area (Å²) >= 11 is 0. The van der Waals surface area contributed by atoms with Gasteiger partial charge in [-0.15, -0.1) is 0 Å². The van der Waals surface area contributed by atoms with Crippen molar-refractivity contribution in [1.82, 2.24) is 4.90 Å². The largest absolute Gasteiger partial charge is 0.374 e. The van der Waals surface area contributed by atoms with Crippen LogP contribution in [0, 0.1) is 5.41 Å². The Bertz CT molecular complexity index is 550. The van der Waals surface area contributed by atoms with Crippen LogP contribution in [0.4, 0.5) is 0 Å². The number of amides is 2. The number of β-lactam (4-membered cyclic amide) rings is 1. The molecule has 2 N–H and O–H groups in total. The topological polar surface area (TPSA) is 72.6 Å². The van der Waals surface area contributed by atoms with Gasteiger partial charge in [0.05, 0.1) is 24.7 Å². The summed E-state index contributed by atoms with van der Waals surface area (Å²) in [7, 11) is 0. The monoisotopic (exact) mass is 302 g/mol. The van der Waals surface area contributed by atoms with Crippen molar-refractivity contribution >= 4 is 11.8 Å². The molecule has 1 saturated heterocycles. The molecule has 2 fully saturated rings. The minimum absolute atomic E-state index is 0.0501. The highest BCUT2D eigenvalue weighted by Crippen LogP contribution is 2.45. The van der Waals surface area contributed by atoms with E-state index in [1.807, 2.05) is 18.2 Å². The quantitative estimate of drug-likeness (QED) is 0.837. The van der Waals surface area contributed by atoms with E-state index in [1.165, 1.54) is 5.56 Å². The number of primary amides is 1. The molecule has 22 heavy (non-hydrogen) atoms. The van der Waals surface area contributed by atoms with Gasteiger partial charge in [0, 0.05) is 6.54 Å². The predicted octanol–water partition coefficient (Wildman–Crippen LogP) is 1.46. The Morgan fingerprint density at radius 3 is 2.55 bits per heavy atom. The molecule has 0 unspecified atom stereocenters. The summed E-state index contributed by atoms with van der Waals surface area (Å²) < 4.78 is 5.96. The lowest BCUT2D eigenvalue weighted by atomic mass is 9.67. The number of carbonyl (C=O) groups is 2. The van der Waals surface area contributed by atoms with Crippen molar-refractivity contribution in [2.45, 2.75) is 38.4 Å². The summed E-state index contributed by atoms with van der Waals surface area (Å²) in [6.07, 6.45) is 3.73. The Hall–Kier alpha value is -1.88. The Kier molecular flexibility index (Phi) is 4.16. The molecule has 1 heterocycles. The van der Waals surface area contributed by atoms with Crippen molar-refractivity contribution in [3.05, 3.63) is 35.9 Å². The van der Waals surface area contributed by atoms with Gasteiger partial charge in [-0.3, -0.25) is 9.59 Å². The molecule has 1 aliphatic heterocycles. The normalized spacial score (nSPS) is 27.7. The minimum Gasteiger partial charge on any atom is -0.374 e. The molecule has 0 atom stereocenters. The van der Waals surface area contributed by atoms with Crippen LogP contribution in [0.5, 0.6) is 0 Å². The van der Waals surface area contributed by atoms with Crippen LogP contribution < -0.4 is 5.73 Å². The zero-order chi connectivity index (χ0) is 15.6.